The predicted octanol–water partition coefficient (Wildman–Crippen LogP) is 1.85. The number of nitrogen functional groups attached to an aromatic ring is 1. The Balaban J connectivity index is 2.20. The van der Waals surface area contributed by atoms with Crippen LogP contribution >= 0.6 is 0 Å². The molecule has 0 saturated heterocycles. The summed E-state index contributed by atoms with van der Waals surface area (Å²) >= 11 is 0. The molecule has 2 heterocycles. The molecular formula is C14H20N4O. The van der Waals surface area contributed by atoms with E-state index in [1.807, 2.05) is 20.8 Å². The van der Waals surface area contributed by atoms with Crippen molar-refractivity contribution in [2.75, 3.05) is 5.73 Å². The maximum atomic E-state index is 10.4. The van der Waals surface area contributed by atoms with Gasteiger partial charge in [0.05, 0.1) is 17.7 Å². The smallest absolute Gasteiger partial charge is 0.151 e. The van der Waals surface area contributed by atoms with Crippen LogP contribution in [0.4, 0.5) is 5.82 Å². The Labute approximate surface area is 112 Å². The van der Waals surface area contributed by atoms with E-state index in [0.717, 1.165) is 47.4 Å². The summed E-state index contributed by atoms with van der Waals surface area (Å²) in [5, 5.41) is 10.4. The highest BCUT2D eigenvalue weighted by Crippen LogP contribution is 2.35. The SMILES string of the molecule is Cc1nc(N)c2nc(C)n(CC3(O)CCC3)c2c1C. The fraction of sp³-hybridized carbons (Fsp3) is 0.571. The molecular weight excluding hydrogens is 240 g/mol. The van der Waals surface area contributed by atoms with Crippen LogP contribution < -0.4 is 5.73 Å². The average molecular weight is 260 g/mol. The topological polar surface area (TPSA) is 77.0 Å². The van der Waals surface area contributed by atoms with Crippen LogP contribution in [0.2, 0.25) is 0 Å². The first-order valence-corrected chi connectivity index (χ1v) is 6.73. The Bertz CT molecular complexity index is 655. The molecule has 2 aromatic heterocycles. The van der Waals surface area contributed by atoms with E-state index in [1.54, 1.807) is 0 Å². The summed E-state index contributed by atoms with van der Waals surface area (Å²) < 4.78 is 2.09. The highest BCUT2D eigenvalue weighted by atomic mass is 16.3. The van der Waals surface area contributed by atoms with Gasteiger partial charge in [-0.15, -0.1) is 0 Å². The molecule has 0 radical (unpaired) electrons. The van der Waals surface area contributed by atoms with Crippen molar-refractivity contribution in [3.8, 4) is 0 Å². The Morgan fingerprint density at radius 1 is 1.26 bits per heavy atom. The summed E-state index contributed by atoms with van der Waals surface area (Å²) in [5.74, 6) is 1.36. The van der Waals surface area contributed by atoms with Gasteiger partial charge >= 0.3 is 0 Å². The number of anilines is 1. The van der Waals surface area contributed by atoms with E-state index in [1.165, 1.54) is 0 Å². The fourth-order valence-electron chi connectivity index (χ4n) is 2.84. The minimum atomic E-state index is -0.573. The van der Waals surface area contributed by atoms with Crippen molar-refractivity contribution in [3.63, 3.8) is 0 Å². The van der Waals surface area contributed by atoms with Gasteiger partial charge in [-0.25, -0.2) is 9.97 Å². The number of nitrogens with zero attached hydrogens (tertiary/aromatic N) is 3. The van der Waals surface area contributed by atoms with Crippen molar-refractivity contribution in [1.29, 1.82) is 0 Å². The van der Waals surface area contributed by atoms with E-state index in [9.17, 15) is 5.11 Å². The van der Waals surface area contributed by atoms with Gasteiger partial charge in [-0.3, -0.25) is 0 Å². The van der Waals surface area contributed by atoms with E-state index in [4.69, 9.17) is 5.73 Å². The number of pyridine rings is 1. The highest BCUT2D eigenvalue weighted by molar-refractivity contribution is 5.88. The van der Waals surface area contributed by atoms with Crippen LogP contribution in [-0.4, -0.2) is 25.2 Å². The number of fused-ring (bicyclic) bond motifs is 1. The van der Waals surface area contributed by atoms with Crippen LogP contribution in [0, 0.1) is 20.8 Å². The summed E-state index contributed by atoms with van der Waals surface area (Å²) in [6.45, 7) is 6.54. The number of imidazole rings is 1. The van der Waals surface area contributed by atoms with Gasteiger partial charge in [0.1, 0.15) is 11.3 Å². The number of aliphatic hydroxyl groups is 1. The van der Waals surface area contributed by atoms with Crippen molar-refractivity contribution in [1.82, 2.24) is 14.5 Å². The zero-order valence-corrected chi connectivity index (χ0v) is 11.7. The highest BCUT2D eigenvalue weighted by Gasteiger charge is 2.35. The normalized spacial score (nSPS) is 17.7. The van der Waals surface area contributed by atoms with E-state index in [0.29, 0.717) is 12.4 Å². The molecule has 1 aliphatic carbocycles. The second-order valence-corrected chi connectivity index (χ2v) is 5.73. The first-order valence-electron chi connectivity index (χ1n) is 6.73. The summed E-state index contributed by atoms with van der Waals surface area (Å²) in [5.41, 5.74) is 9.18. The summed E-state index contributed by atoms with van der Waals surface area (Å²) in [6.07, 6.45) is 2.83. The molecule has 5 nitrogen and oxygen atoms in total. The van der Waals surface area contributed by atoms with Crippen LogP contribution in [0.15, 0.2) is 0 Å². The number of hydrogen-bond donors (Lipinski definition) is 2. The lowest BCUT2D eigenvalue weighted by Gasteiger charge is -2.37. The molecule has 0 unspecified atom stereocenters. The Morgan fingerprint density at radius 2 is 1.95 bits per heavy atom. The maximum Gasteiger partial charge on any atom is 0.151 e. The molecule has 1 saturated carbocycles. The van der Waals surface area contributed by atoms with Crippen LogP contribution in [0.5, 0.6) is 0 Å². The van der Waals surface area contributed by atoms with Crippen molar-refractivity contribution in [2.45, 2.75) is 52.2 Å². The monoisotopic (exact) mass is 260 g/mol. The van der Waals surface area contributed by atoms with Gasteiger partial charge in [0.25, 0.3) is 0 Å². The van der Waals surface area contributed by atoms with Crippen molar-refractivity contribution < 1.29 is 5.11 Å². The second-order valence-electron chi connectivity index (χ2n) is 5.73. The lowest BCUT2D eigenvalue weighted by atomic mass is 9.80. The fourth-order valence-corrected chi connectivity index (χ4v) is 2.84. The molecule has 1 aliphatic rings. The van der Waals surface area contributed by atoms with Gasteiger partial charge in [0.15, 0.2) is 5.82 Å². The molecule has 0 aromatic carbocycles. The minimum absolute atomic E-state index is 0.473. The van der Waals surface area contributed by atoms with Crippen LogP contribution in [0.25, 0.3) is 11.0 Å². The van der Waals surface area contributed by atoms with Gasteiger partial charge in [0, 0.05) is 5.69 Å². The van der Waals surface area contributed by atoms with Crippen LogP contribution in [-0.2, 0) is 6.54 Å². The quantitative estimate of drug-likeness (QED) is 0.864. The van der Waals surface area contributed by atoms with Gasteiger partial charge < -0.3 is 15.4 Å². The Morgan fingerprint density at radius 3 is 2.53 bits per heavy atom. The number of rotatable bonds is 2. The molecule has 3 rings (SSSR count). The van der Waals surface area contributed by atoms with Crippen LogP contribution in [0.1, 0.15) is 36.3 Å². The molecule has 102 valence electrons. The van der Waals surface area contributed by atoms with E-state index in [2.05, 4.69) is 14.5 Å². The molecule has 3 N–H and O–H groups in total. The van der Waals surface area contributed by atoms with Gasteiger partial charge in [0.2, 0.25) is 0 Å². The van der Waals surface area contributed by atoms with Gasteiger partial charge in [-0.2, -0.15) is 0 Å². The largest absolute Gasteiger partial charge is 0.388 e. The molecule has 0 atom stereocenters. The third-order valence-corrected chi connectivity index (χ3v) is 4.32. The molecule has 19 heavy (non-hydrogen) atoms. The van der Waals surface area contributed by atoms with Crippen molar-refractivity contribution in [3.05, 3.63) is 17.1 Å². The molecule has 1 fully saturated rings. The first kappa shape index (κ1) is 12.4. The molecule has 0 aliphatic heterocycles. The molecule has 2 aromatic rings. The summed E-state index contributed by atoms with van der Waals surface area (Å²) in [4.78, 5) is 8.85. The van der Waals surface area contributed by atoms with Gasteiger partial charge in [-0.1, -0.05) is 0 Å². The van der Waals surface area contributed by atoms with E-state index in [-0.39, 0.29) is 0 Å². The van der Waals surface area contributed by atoms with E-state index < -0.39 is 5.60 Å². The van der Waals surface area contributed by atoms with Crippen molar-refractivity contribution >= 4 is 16.9 Å². The maximum absolute atomic E-state index is 10.4. The second kappa shape index (κ2) is 3.93. The molecule has 0 bridgehead atoms. The van der Waals surface area contributed by atoms with E-state index >= 15 is 0 Å². The number of aromatic nitrogens is 3. The lowest BCUT2D eigenvalue weighted by molar-refractivity contribution is -0.0468. The molecule has 5 heteroatoms. The number of hydrogen-bond acceptors (Lipinski definition) is 4. The third kappa shape index (κ3) is 1.80. The standard InChI is InChI=1S/C14H20N4O/c1-8-9(2)16-13(15)11-12(8)18(10(3)17-11)7-14(19)5-4-6-14/h19H,4-7H2,1-3H3,(H2,15,16). The molecule has 0 spiro atoms. The van der Waals surface area contributed by atoms with Gasteiger partial charge in [-0.05, 0) is 45.6 Å². The predicted molar refractivity (Wildman–Crippen MR) is 75.0 cm³/mol. The Hall–Kier alpha value is -1.62. The zero-order chi connectivity index (χ0) is 13.8. The average Bonchev–Trinajstić information content (AvgIpc) is 2.63. The number of aryl methyl sites for hydroxylation is 3. The summed E-state index contributed by atoms with van der Waals surface area (Å²) in [7, 11) is 0. The lowest BCUT2D eigenvalue weighted by Crippen LogP contribution is -2.41. The summed E-state index contributed by atoms with van der Waals surface area (Å²) in [6, 6.07) is 0. The van der Waals surface area contributed by atoms with Crippen LogP contribution in [0.3, 0.4) is 0 Å². The third-order valence-electron chi connectivity index (χ3n) is 4.32. The zero-order valence-electron chi connectivity index (χ0n) is 11.7. The first-order chi connectivity index (χ1) is 8.91. The minimum Gasteiger partial charge on any atom is -0.388 e. The molecule has 0 amide bonds. The number of nitrogens with two attached hydrogens (primary N) is 1. The Kier molecular flexibility index (Phi) is 2.57. The van der Waals surface area contributed by atoms with Crippen molar-refractivity contribution in [2.24, 2.45) is 0 Å².